The number of amides is 1. The van der Waals surface area contributed by atoms with E-state index in [1.54, 1.807) is 18.2 Å². The van der Waals surface area contributed by atoms with Crippen LogP contribution in [-0.2, 0) is 9.84 Å². The van der Waals surface area contributed by atoms with E-state index in [1.807, 2.05) is 39.0 Å². The van der Waals surface area contributed by atoms with Crippen molar-refractivity contribution in [3.8, 4) is 5.75 Å². The summed E-state index contributed by atoms with van der Waals surface area (Å²) < 4.78 is 36.1. The molecule has 1 fully saturated rings. The van der Waals surface area contributed by atoms with E-state index in [2.05, 4.69) is 0 Å². The number of hydrogen-bond donors (Lipinski definition) is 0. The molecule has 1 saturated heterocycles. The van der Waals surface area contributed by atoms with Gasteiger partial charge < -0.3 is 14.1 Å². The molecule has 0 aliphatic carbocycles. The maximum atomic E-state index is 13.7. The molecule has 0 saturated carbocycles. The molecular weight excluding hydrogens is 442 g/mol. The Morgan fingerprint density at radius 2 is 1.85 bits per heavy atom. The third-order valence-electron chi connectivity index (χ3n) is 6.45. The van der Waals surface area contributed by atoms with Crippen molar-refractivity contribution in [1.29, 1.82) is 0 Å². The Bertz CT molecular complexity index is 1440. The summed E-state index contributed by atoms with van der Waals surface area (Å²) in [7, 11) is -3.25. The average molecular weight is 468 g/mol. The van der Waals surface area contributed by atoms with Crippen molar-refractivity contribution in [2.24, 2.45) is 0 Å². The van der Waals surface area contributed by atoms with Crippen LogP contribution in [0, 0.1) is 13.8 Å². The summed E-state index contributed by atoms with van der Waals surface area (Å²) in [5, 5.41) is 0.427. The highest BCUT2D eigenvalue weighted by molar-refractivity contribution is 7.91. The smallest absolute Gasteiger partial charge is 0.291 e. The summed E-state index contributed by atoms with van der Waals surface area (Å²) in [6, 6.07) is 9.66. The predicted octanol–water partition coefficient (Wildman–Crippen LogP) is 3.54. The van der Waals surface area contributed by atoms with Gasteiger partial charge in [-0.25, -0.2) is 8.42 Å². The third kappa shape index (κ3) is 3.53. The maximum absolute atomic E-state index is 13.7. The molecule has 172 valence electrons. The highest BCUT2D eigenvalue weighted by Crippen LogP contribution is 2.42. The van der Waals surface area contributed by atoms with Crippen LogP contribution in [0.3, 0.4) is 0 Å². The van der Waals surface area contributed by atoms with E-state index < -0.39 is 27.8 Å². The number of rotatable bonds is 4. The quantitative estimate of drug-likeness (QED) is 0.583. The normalized spacial score (nSPS) is 21.5. The molecule has 2 aliphatic rings. The van der Waals surface area contributed by atoms with Gasteiger partial charge in [0.25, 0.3) is 5.91 Å². The Morgan fingerprint density at radius 1 is 1.12 bits per heavy atom. The summed E-state index contributed by atoms with van der Waals surface area (Å²) in [6.07, 6.45) is 0.335. The minimum atomic E-state index is -3.25. The summed E-state index contributed by atoms with van der Waals surface area (Å²) in [6.45, 7) is 6.16. The van der Waals surface area contributed by atoms with E-state index in [-0.39, 0.29) is 28.3 Å². The number of ether oxygens (including phenoxy) is 1. The number of aryl methyl sites for hydroxylation is 2. The van der Waals surface area contributed by atoms with Crippen molar-refractivity contribution < 1.29 is 22.4 Å². The highest BCUT2D eigenvalue weighted by atomic mass is 32.2. The first-order valence-corrected chi connectivity index (χ1v) is 12.9. The van der Waals surface area contributed by atoms with Crippen molar-refractivity contribution in [2.75, 3.05) is 18.1 Å². The Hall–Kier alpha value is -3.13. The van der Waals surface area contributed by atoms with Crippen LogP contribution < -0.4 is 10.2 Å². The summed E-state index contributed by atoms with van der Waals surface area (Å²) in [5.41, 5.74) is 2.82. The molecule has 3 aromatic rings. The van der Waals surface area contributed by atoms with Crippen molar-refractivity contribution in [1.82, 2.24) is 4.90 Å². The van der Waals surface area contributed by atoms with Crippen LogP contribution >= 0.6 is 0 Å². The standard InChI is InChI=1S/C25H25NO6S/c1-4-31-18-7-5-16(6-8-18)21-20-22(27)19-12-14(2)11-15(3)23(19)32-24(20)25(28)26(21)17-9-10-33(29,30)13-17/h5-8,11-12,17,21H,4,9-10,13H2,1-3H3. The number of benzene rings is 2. The first-order valence-electron chi connectivity index (χ1n) is 11.0. The van der Waals surface area contributed by atoms with Gasteiger partial charge in [-0.05, 0) is 62.1 Å². The van der Waals surface area contributed by atoms with Crippen molar-refractivity contribution >= 4 is 26.7 Å². The van der Waals surface area contributed by atoms with E-state index in [9.17, 15) is 18.0 Å². The molecule has 8 heteroatoms. The molecule has 2 unspecified atom stereocenters. The Kier molecular flexibility index (Phi) is 5.08. The van der Waals surface area contributed by atoms with Gasteiger partial charge in [0, 0.05) is 6.04 Å². The monoisotopic (exact) mass is 467 g/mol. The van der Waals surface area contributed by atoms with E-state index in [1.165, 1.54) is 4.90 Å². The molecule has 33 heavy (non-hydrogen) atoms. The van der Waals surface area contributed by atoms with E-state index in [4.69, 9.17) is 9.15 Å². The lowest BCUT2D eigenvalue weighted by molar-refractivity contribution is 0.0662. The van der Waals surface area contributed by atoms with Crippen LogP contribution in [0.15, 0.2) is 45.6 Å². The molecule has 1 amide bonds. The second kappa shape index (κ2) is 7.73. The SMILES string of the molecule is CCOc1ccc(C2c3c(oc4c(C)cc(C)cc4c3=O)C(=O)N2C2CCS(=O)(=O)C2)cc1. The molecule has 5 rings (SSSR count). The molecule has 0 N–H and O–H groups in total. The van der Waals surface area contributed by atoms with E-state index in [0.29, 0.717) is 35.3 Å². The largest absolute Gasteiger partial charge is 0.494 e. The van der Waals surface area contributed by atoms with Crippen LogP contribution in [0.1, 0.15) is 52.2 Å². The lowest BCUT2D eigenvalue weighted by Crippen LogP contribution is -2.40. The molecule has 2 atom stereocenters. The number of sulfone groups is 1. The minimum absolute atomic E-state index is 0.00244. The van der Waals surface area contributed by atoms with Crippen molar-refractivity contribution in [3.63, 3.8) is 0 Å². The molecule has 2 aromatic carbocycles. The predicted molar refractivity (Wildman–Crippen MR) is 125 cm³/mol. The molecule has 3 heterocycles. The van der Waals surface area contributed by atoms with Crippen LogP contribution in [-0.4, -0.2) is 43.4 Å². The Morgan fingerprint density at radius 3 is 2.48 bits per heavy atom. The molecule has 1 aromatic heterocycles. The topological polar surface area (TPSA) is 93.9 Å². The van der Waals surface area contributed by atoms with Gasteiger partial charge in [-0.1, -0.05) is 18.2 Å². The number of nitrogens with zero attached hydrogens (tertiary/aromatic N) is 1. The van der Waals surface area contributed by atoms with Gasteiger partial charge in [-0.2, -0.15) is 0 Å². The zero-order valence-corrected chi connectivity index (χ0v) is 19.6. The highest BCUT2D eigenvalue weighted by Gasteiger charge is 2.48. The van der Waals surface area contributed by atoms with Crippen LogP contribution in [0.5, 0.6) is 5.75 Å². The van der Waals surface area contributed by atoms with Gasteiger partial charge in [0.15, 0.2) is 15.3 Å². The maximum Gasteiger partial charge on any atom is 0.291 e. The lowest BCUT2D eigenvalue weighted by Gasteiger charge is -2.30. The minimum Gasteiger partial charge on any atom is -0.494 e. The van der Waals surface area contributed by atoms with Gasteiger partial charge in [0.05, 0.1) is 35.1 Å². The molecule has 2 aliphatic heterocycles. The van der Waals surface area contributed by atoms with Gasteiger partial charge in [0.1, 0.15) is 11.3 Å². The van der Waals surface area contributed by atoms with Crippen LogP contribution in [0.25, 0.3) is 11.0 Å². The number of carbonyl (C=O) groups is 1. The first-order chi connectivity index (χ1) is 15.7. The van der Waals surface area contributed by atoms with E-state index in [0.717, 1.165) is 11.1 Å². The Balaban J connectivity index is 1.74. The van der Waals surface area contributed by atoms with Gasteiger partial charge >= 0.3 is 0 Å². The number of carbonyl (C=O) groups excluding carboxylic acids is 1. The number of hydrogen-bond acceptors (Lipinski definition) is 6. The first kappa shape index (κ1) is 21.7. The molecule has 0 bridgehead atoms. The lowest BCUT2D eigenvalue weighted by atomic mass is 9.96. The summed E-state index contributed by atoms with van der Waals surface area (Å²) in [5.74, 6) is 0.145. The number of fused-ring (bicyclic) bond motifs is 2. The second-order valence-corrected chi connectivity index (χ2v) is 11.0. The van der Waals surface area contributed by atoms with Crippen molar-refractivity contribution in [2.45, 2.75) is 39.3 Å². The second-order valence-electron chi connectivity index (χ2n) is 8.81. The fourth-order valence-electron chi connectivity index (χ4n) is 5.06. The third-order valence-corrected chi connectivity index (χ3v) is 8.20. The van der Waals surface area contributed by atoms with E-state index >= 15 is 0 Å². The molecule has 0 radical (unpaired) electrons. The molecule has 0 spiro atoms. The van der Waals surface area contributed by atoms with Gasteiger partial charge in [0.2, 0.25) is 5.76 Å². The van der Waals surface area contributed by atoms with Crippen molar-refractivity contribution in [3.05, 3.63) is 74.6 Å². The fourth-order valence-corrected chi connectivity index (χ4v) is 6.77. The van der Waals surface area contributed by atoms with Crippen LogP contribution in [0.4, 0.5) is 0 Å². The van der Waals surface area contributed by atoms with Gasteiger partial charge in [-0.15, -0.1) is 0 Å². The summed E-state index contributed by atoms with van der Waals surface area (Å²) in [4.78, 5) is 28.9. The molecular formula is C25H25NO6S. The fraction of sp³-hybridized carbons (Fsp3) is 0.360. The zero-order valence-electron chi connectivity index (χ0n) is 18.8. The summed E-state index contributed by atoms with van der Waals surface area (Å²) >= 11 is 0. The average Bonchev–Trinajstić information content (AvgIpc) is 3.26. The molecule has 7 nitrogen and oxygen atoms in total. The van der Waals surface area contributed by atoms with Gasteiger partial charge in [-0.3, -0.25) is 9.59 Å². The Labute approximate surface area is 191 Å². The van der Waals surface area contributed by atoms with Crippen LogP contribution in [0.2, 0.25) is 0 Å². The zero-order chi connectivity index (χ0) is 23.5.